The highest BCUT2D eigenvalue weighted by Crippen LogP contribution is 2.21. The molecule has 0 atom stereocenters. The molecule has 0 saturated heterocycles. The number of carboxylic acids is 1. The molecule has 0 aliphatic carbocycles. The number of aliphatic carboxylic acids is 1. The van der Waals surface area contributed by atoms with Crippen molar-refractivity contribution in [2.24, 2.45) is 0 Å². The first-order chi connectivity index (χ1) is 8.66. The summed E-state index contributed by atoms with van der Waals surface area (Å²) in [5, 5.41) is 19.9. The summed E-state index contributed by atoms with van der Waals surface area (Å²) in [6.07, 6.45) is 3.56. The highest BCUT2D eigenvalue weighted by Gasteiger charge is 2.13. The fourth-order valence-electron chi connectivity index (χ4n) is 1.52. The van der Waals surface area contributed by atoms with Crippen molar-refractivity contribution in [3.8, 4) is 11.5 Å². The van der Waals surface area contributed by atoms with Gasteiger partial charge in [0.2, 0.25) is 5.89 Å². The molecule has 0 saturated carbocycles. The second-order valence-electron chi connectivity index (χ2n) is 3.90. The summed E-state index contributed by atoms with van der Waals surface area (Å²) in [7, 11) is 0. The van der Waals surface area contributed by atoms with Gasteiger partial charge in [-0.15, -0.1) is 10.2 Å². The van der Waals surface area contributed by atoms with E-state index >= 15 is 0 Å². The van der Waals surface area contributed by atoms with Gasteiger partial charge in [0.15, 0.2) is 0 Å². The summed E-state index contributed by atoms with van der Waals surface area (Å²) in [5.74, 6) is 0.704. The highest BCUT2D eigenvalue weighted by molar-refractivity contribution is 5.66. The van der Waals surface area contributed by atoms with E-state index in [4.69, 9.17) is 14.0 Å². The standard InChI is InChI=1S/C11H13N3O4/c1-7-8(6-12-18-7)11-14-13-9(17-11)4-2-3-5-10(15)16/h6H,2-5H2,1H3,(H,15,16). The van der Waals surface area contributed by atoms with Gasteiger partial charge in [0.25, 0.3) is 5.89 Å². The van der Waals surface area contributed by atoms with Crippen LogP contribution >= 0.6 is 0 Å². The van der Waals surface area contributed by atoms with E-state index in [1.165, 1.54) is 6.20 Å². The van der Waals surface area contributed by atoms with E-state index in [2.05, 4.69) is 15.4 Å². The molecule has 0 amide bonds. The minimum absolute atomic E-state index is 0.158. The molecular formula is C11H13N3O4. The van der Waals surface area contributed by atoms with Gasteiger partial charge in [0.1, 0.15) is 11.3 Å². The van der Waals surface area contributed by atoms with Gasteiger partial charge in [-0.05, 0) is 19.8 Å². The van der Waals surface area contributed by atoms with Crippen LogP contribution in [0.2, 0.25) is 0 Å². The van der Waals surface area contributed by atoms with E-state index in [0.717, 1.165) is 0 Å². The van der Waals surface area contributed by atoms with Gasteiger partial charge in [-0.1, -0.05) is 5.16 Å². The minimum atomic E-state index is -0.790. The Kier molecular flexibility index (Phi) is 3.71. The van der Waals surface area contributed by atoms with E-state index in [-0.39, 0.29) is 6.42 Å². The first kappa shape index (κ1) is 12.3. The molecule has 0 bridgehead atoms. The summed E-state index contributed by atoms with van der Waals surface area (Å²) in [6, 6.07) is 0. The molecule has 2 rings (SSSR count). The molecule has 18 heavy (non-hydrogen) atoms. The maximum atomic E-state index is 10.3. The lowest BCUT2D eigenvalue weighted by molar-refractivity contribution is -0.137. The second kappa shape index (κ2) is 5.44. The Labute approximate surface area is 103 Å². The predicted molar refractivity (Wildman–Crippen MR) is 59.7 cm³/mol. The van der Waals surface area contributed by atoms with E-state index < -0.39 is 5.97 Å². The van der Waals surface area contributed by atoms with Gasteiger partial charge in [-0.25, -0.2) is 0 Å². The fraction of sp³-hybridized carbons (Fsp3) is 0.455. The molecule has 0 aliphatic rings. The van der Waals surface area contributed by atoms with Crippen molar-refractivity contribution in [3.05, 3.63) is 17.8 Å². The number of carboxylic acid groups (broad SMARTS) is 1. The smallest absolute Gasteiger partial charge is 0.303 e. The third-order valence-corrected chi connectivity index (χ3v) is 2.48. The number of carbonyl (C=O) groups is 1. The monoisotopic (exact) mass is 251 g/mol. The topological polar surface area (TPSA) is 102 Å². The van der Waals surface area contributed by atoms with E-state index in [1.54, 1.807) is 6.92 Å². The Bertz CT molecular complexity index is 532. The molecule has 2 aromatic heterocycles. The zero-order chi connectivity index (χ0) is 13.0. The van der Waals surface area contributed by atoms with Gasteiger partial charge in [0, 0.05) is 12.8 Å². The van der Waals surface area contributed by atoms with Gasteiger partial charge < -0.3 is 14.0 Å². The molecule has 0 aromatic carbocycles. The number of aryl methyl sites for hydroxylation is 2. The lowest BCUT2D eigenvalue weighted by atomic mass is 10.2. The summed E-state index contributed by atoms with van der Waals surface area (Å²) >= 11 is 0. The van der Waals surface area contributed by atoms with Gasteiger partial charge in [-0.3, -0.25) is 4.79 Å². The summed E-state index contributed by atoms with van der Waals surface area (Å²) < 4.78 is 10.4. The predicted octanol–water partition coefficient (Wildman–Crippen LogP) is 1.83. The van der Waals surface area contributed by atoms with E-state index in [9.17, 15) is 4.79 Å². The van der Waals surface area contributed by atoms with Gasteiger partial charge >= 0.3 is 5.97 Å². The average Bonchev–Trinajstić information content (AvgIpc) is 2.92. The summed E-state index contributed by atoms with van der Waals surface area (Å²) in [4.78, 5) is 10.3. The van der Waals surface area contributed by atoms with Crippen LogP contribution in [0.3, 0.4) is 0 Å². The number of hydrogen-bond donors (Lipinski definition) is 1. The van der Waals surface area contributed by atoms with Crippen LogP contribution < -0.4 is 0 Å². The van der Waals surface area contributed by atoms with Crippen LogP contribution in [0.1, 0.15) is 30.9 Å². The number of rotatable bonds is 6. The second-order valence-corrected chi connectivity index (χ2v) is 3.90. The Morgan fingerprint density at radius 1 is 1.39 bits per heavy atom. The van der Waals surface area contributed by atoms with E-state index in [0.29, 0.717) is 42.4 Å². The van der Waals surface area contributed by atoms with Crippen LogP contribution in [0.4, 0.5) is 0 Å². The lowest BCUT2D eigenvalue weighted by Gasteiger charge is -1.93. The van der Waals surface area contributed by atoms with Crippen LogP contribution in [0.15, 0.2) is 15.1 Å². The Morgan fingerprint density at radius 3 is 2.89 bits per heavy atom. The third-order valence-electron chi connectivity index (χ3n) is 2.48. The first-order valence-corrected chi connectivity index (χ1v) is 5.62. The molecule has 2 heterocycles. The van der Waals surface area contributed by atoms with Crippen molar-refractivity contribution in [1.29, 1.82) is 0 Å². The molecule has 0 fully saturated rings. The van der Waals surface area contributed by atoms with Gasteiger partial charge in [-0.2, -0.15) is 0 Å². The van der Waals surface area contributed by atoms with Crippen molar-refractivity contribution in [2.75, 3.05) is 0 Å². The molecule has 0 spiro atoms. The lowest BCUT2D eigenvalue weighted by Crippen LogP contribution is -1.95. The maximum absolute atomic E-state index is 10.3. The minimum Gasteiger partial charge on any atom is -0.481 e. The van der Waals surface area contributed by atoms with Crippen molar-refractivity contribution in [1.82, 2.24) is 15.4 Å². The zero-order valence-corrected chi connectivity index (χ0v) is 9.92. The number of unbranched alkanes of at least 4 members (excludes halogenated alkanes) is 1. The first-order valence-electron chi connectivity index (χ1n) is 5.62. The van der Waals surface area contributed by atoms with Crippen LogP contribution in [-0.2, 0) is 11.2 Å². The van der Waals surface area contributed by atoms with Crippen molar-refractivity contribution >= 4 is 5.97 Å². The highest BCUT2D eigenvalue weighted by atomic mass is 16.5. The molecule has 1 N–H and O–H groups in total. The van der Waals surface area contributed by atoms with Crippen molar-refractivity contribution in [3.63, 3.8) is 0 Å². The molecule has 96 valence electrons. The molecule has 2 aromatic rings. The van der Waals surface area contributed by atoms with E-state index in [1.807, 2.05) is 0 Å². The number of nitrogens with zero attached hydrogens (tertiary/aromatic N) is 3. The number of aromatic nitrogens is 3. The Balaban J connectivity index is 1.91. The Morgan fingerprint density at radius 2 is 2.22 bits per heavy atom. The van der Waals surface area contributed by atoms with Gasteiger partial charge in [0.05, 0.1) is 6.20 Å². The zero-order valence-electron chi connectivity index (χ0n) is 9.92. The van der Waals surface area contributed by atoms with Crippen molar-refractivity contribution < 1.29 is 18.8 Å². The molecular weight excluding hydrogens is 238 g/mol. The summed E-state index contributed by atoms with van der Waals surface area (Å²) in [5.41, 5.74) is 0.680. The normalized spacial score (nSPS) is 10.7. The average molecular weight is 251 g/mol. The quantitative estimate of drug-likeness (QED) is 0.781. The molecule has 0 aliphatic heterocycles. The molecule has 0 unspecified atom stereocenters. The van der Waals surface area contributed by atoms with Crippen LogP contribution in [0.25, 0.3) is 11.5 Å². The maximum Gasteiger partial charge on any atom is 0.303 e. The SMILES string of the molecule is Cc1oncc1-c1nnc(CCCCC(=O)O)o1. The van der Waals surface area contributed by atoms with Crippen LogP contribution in [0, 0.1) is 6.92 Å². The molecule has 0 radical (unpaired) electrons. The molecule has 7 nitrogen and oxygen atoms in total. The third kappa shape index (κ3) is 2.93. The summed E-state index contributed by atoms with van der Waals surface area (Å²) in [6.45, 7) is 1.76. The van der Waals surface area contributed by atoms with Crippen LogP contribution in [-0.4, -0.2) is 26.4 Å². The largest absolute Gasteiger partial charge is 0.481 e. The fourth-order valence-corrected chi connectivity index (χ4v) is 1.52. The van der Waals surface area contributed by atoms with Crippen molar-refractivity contribution in [2.45, 2.75) is 32.6 Å². The Hall–Kier alpha value is -2.18. The number of hydrogen-bond acceptors (Lipinski definition) is 6. The molecule has 7 heteroatoms. The van der Waals surface area contributed by atoms with Crippen LogP contribution in [0.5, 0.6) is 0 Å².